The molecule has 2 aromatic carbocycles. The molecule has 1 heterocycles. The Kier molecular flexibility index (Phi) is 5.53. The minimum absolute atomic E-state index is 0.0188. The van der Waals surface area contributed by atoms with Crippen LogP contribution in [0.2, 0.25) is 0 Å². The summed E-state index contributed by atoms with van der Waals surface area (Å²) in [7, 11) is 0. The van der Waals surface area contributed by atoms with Gasteiger partial charge >= 0.3 is 0 Å². The lowest BCUT2D eigenvalue weighted by Gasteiger charge is -2.07. The summed E-state index contributed by atoms with van der Waals surface area (Å²) < 4.78 is 18.6. The quantitative estimate of drug-likeness (QED) is 0.610. The molecule has 0 radical (unpaired) electrons. The minimum atomic E-state index is -0.541. The summed E-state index contributed by atoms with van der Waals surface area (Å²) in [6.07, 6.45) is 0.766. The molecule has 0 spiro atoms. The van der Waals surface area contributed by atoms with E-state index in [0.29, 0.717) is 34.6 Å². The van der Waals surface area contributed by atoms with Gasteiger partial charge in [-0.3, -0.25) is 9.59 Å². The predicted octanol–water partition coefficient (Wildman–Crippen LogP) is 4.78. The monoisotopic (exact) mass is 374 g/mol. The summed E-state index contributed by atoms with van der Waals surface area (Å²) in [5.41, 5.74) is 1.19. The van der Waals surface area contributed by atoms with Crippen LogP contribution in [0.1, 0.15) is 23.4 Å². The topological polar surface area (TPSA) is 71.3 Å². The van der Waals surface area contributed by atoms with Crippen molar-refractivity contribution in [3.63, 3.8) is 0 Å². The zero-order valence-electron chi connectivity index (χ0n) is 13.7. The van der Waals surface area contributed by atoms with E-state index in [1.165, 1.54) is 24.3 Å². The Labute approximate surface area is 154 Å². The van der Waals surface area contributed by atoms with Crippen molar-refractivity contribution in [2.75, 3.05) is 16.5 Å². The van der Waals surface area contributed by atoms with Gasteiger partial charge in [-0.15, -0.1) is 11.6 Å². The number of benzene rings is 2. The Hall–Kier alpha value is -2.86. The van der Waals surface area contributed by atoms with Crippen molar-refractivity contribution >= 4 is 45.8 Å². The Morgan fingerprint density at radius 3 is 2.50 bits per heavy atom. The lowest BCUT2D eigenvalue weighted by molar-refractivity contribution is -0.116. The molecule has 0 saturated carbocycles. The molecule has 26 heavy (non-hydrogen) atoms. The highest BCUT2D eigenvalue weighted by Gasteiger charge is 2.22. The summed E-state index contributed by atoms with van der Waals surface area (Å²) in [5, 5.41) is 5.98. The van der Waals surface area contributed by atoms with Crippen molar-refractivity contribution in [3.8, 4) is 0 Å². The molecule has 3 aromatic rings. The predicted molar refractivity (Wildman–Crippen MR) is 99.2 cm³/mol. The molecule has 0 fully saturated rings. The van der Waals surface area contributed by atoms with Gasteiger partial charge in [0.1, 0.15) is 17.1 Å². The van der Waals surface area contributed by atoms with Gasteiger partial charge in [0.2, 0.25) is 11.7 Å². The average Bonchev–Trinajstić information content (AvgIpc) is 3.00. The molecule has 134 valence electrons. The lowest BCUT2D eigenvalue weighted by atomic mass is 10.2. The van der Waals surface area contributed by atoms with E-state index in [4.69, 9.17) is 16.0 Å². The molecule has 1 aromatic heterocycles. The fraction of sp³-hybridized carbons (Fsp3) is 0.158. The maximum atomic E-state index is 13.0. The Bertz CT molecular complexity index is 938. The molecule has 0 saturated heterocycles. The fourth-order valence-electron chi connectivity index (χ4n) is 2.48. The van der Waals surface area contributed by atoms with E-state index in [1.807, 2.05) is 0 Å². The van der Waals surface area contributed by atoms with Gasteiger partial charge < -0.3 is 15.1 Å². The van der Waals surface area contributed by atoms with Crippen molar-refractivity contribution < 1.29 is 18.4 Å². The largest absolute Gasteiger partial charge is 0.449 e. The Morgan fingerprint density at radius 2 is 1.77 bits per heavy atom. The average molecular weight is 375 g/mol. The summed E-state index contributed by atoms with van der Waals surface area (Å²) in [4.78, 5) is 24.7. The number of amides is 2. The van der Waals surface area contributed by atoms with Crippen LogP contribution in [-0.2, 0) is 4.79 Å². The van der Waals surface area contributed by atoms with E-state index >= 15 is 0 Å². The fourth-order valence-corrected chi connectivity index (χ4v) is 2.61. The molecule has 3 rings (SSSR count). The molecule has 7 heteroatoms. The second-order valence-electron chi connectivity index (χ2n) is 5.60. The number of para-hydroxylation sites is 1. The van der Waals surface area contributed by atoms with Crippen LogP contribution in [-0.4, -0.2) is 17.7 Å². The van der Waals surface area contributed by atoms with E-state index in [9.17, 15) is 14.0 Å². The smallest absolute Gasteiger partial charge is 0.293 e. The van der Waals surface area contributed by atoms with Crippen molar-refractivity contribution in [1.29, 1.82) is 0 Å². The van der Waals surface area contributed by atoms with Crippen LogP contribution in [0.25, 0.3) is 11.0 Å². The van der Waals surface area contributed by atoms with Gasteiger partial charge in [-0.1, -0.05) is 12.1 Å². The molecule has 0 aliphatic heterocycles. The van der Waals surface area contributed by atoms with E-state index in [1.54, 1.807) is 24.3 Å². The van der Waals surface area contributed by atoms with Gasteiger partial charge in [-0.05, 0) is 42.8 Å². The Balaban J connectivity index is 1.90. The van der Waals surface area contributed by atoms with E-state index in [2.05, 4.69) is 10.6 Å². The number of hydrogen-bond donors (Lipinski definition) is 2. The standard InChI is InChI=1S/C19H16ClFN2O3/c20-11-3-6-16(24)23-17-14-4-1-2-5-15(14)26-18(17)19(25)22-13-9-7-12(21)8-10-13/h1-2,4-5,7-10H,3,6,11H2,(H,22,25)(H,23,24). The Morgan fingerprint density at radius 1 is 1.04 bits per heavy atom. The van der Waals surface area contributed by atoms with Crippen LogP contribution < -0.4 is 10.6 Å². The second-order valence-corrected chi connectivity index (χ2v) is 5.98. The van der Waals surface area contributed by atoms with E-state index in [0.717, 1.165) is 0 Å². The number of furan rings is 1. The number of hydrogen-bond acceptors (Lipinski definition) is 3. The van der Waals surface area contributed by atoms with Gasteiger partial charge in [-0.25, -0.2) is 4.39 Å². The van der Waals surface area contributed by atoms with E-state index in [-0.39, 0.29) is 18.1 Å². The molecule has 0 bridgehead atoms. The van der Waals surface area contributed by atoms with Crippen molar-refractivity contribution in [2.24, 2.45) is 0 Å². The summed E-state index contributed by atoms with van der Waals surface area (Å²) in [6, 6.07) is 12.4. The number of carbonyl (C=O) groups excluding carboxylic acids is 2. The normalized spacial score (nSPS) is 10.7. The zero-order valence-corrected chi connectivity index (χ0v) is 14.5. The third-order valence-corrected chi connectivity index (χ3v) is 3.97. The molecule has 0 aliphatic rings. The maximum absolute atomic E-state index is 13.0. The SMILES string of the molecule is O=C(CCCCl)Nc1c(C(=O)Nc2ccc(F)cc2)oc2ccccc12. The van der Waals surface area contributed by atoms with Gasteiger partial charge in [0.25, 0.3) is 5.91 Å². The number of alkyl halides is 1. The first-order valence-corrected chi connectivity index (χ1v) is 8.56. The number of fused-ring (bicyclic) bond motifs is 1. The first kappa shape index (κ1) is 17.9. The number of carbonyl (C=O) groups is 2. The van der Waals surface area contributed by atoms with Crippen LogP contribution in [0.15, 0.2) is 52.9 Å². The maximum Gasteiger partial charge on any atom is 0.293 e. The molecule has 0 atom stereocenters. The number of halogens is 2. The molecule has 2 amide bonds. The number of nitrogens with one attached hydrogen (secondary N) is 2. The van der Waals surface area contributed by atoms with Gasteiger partial charge in [0.05, 0.1) is 0 Å². The molecule has 2 N–H and O–H groups in total. The molecule has 5 nitrogen and oxygen atoms in total. The first-order chi connectivity index (χ1) is 12.6. The lowest BCUT2D eigenvalue weighted by Crippen LogP contribution is -2.17. The van der Waals surface area contributed by atoms with Crippen molar-refractivity contribution in [3.05, 3.63) is 60.1 Å². The zero-order chi connectivity index (χ0) is 18.5. The molecule has 0 unspecified atom stereocenters. The van der Waals surface area contributed by atoms with Crippen LogP contribution in [0.5, 0.6) is 0 Å². The highest BCUT2D eigenvalue weighted by Crippen LogP contribution is 2.31. The van der Waals surface area contributed by atoms with Gasteiger partial charge in [0, 0.05) is 23.4 Å². The van der Waals surface area contributed by atoms with Gasteiger partial charge in [-0.2, -0.15) is 0 Å². The number of anilines is 2. The van der Waals surface area contributed by atoms with Gasteiger partial charge in [0.15, 0.2) is 0 Å². The second kappa shape index (κ2) is 8.01. The molecular weight excluding hydrogens is 359 g/mol. The van der Waals surface area contributed by atoms with Crippen LogP contribution in [0.4, 0.5) is 15.8 Å². The minimum Gasteiger partial charge on any atom is -0.449 e. The third-order valence-electron chi connectivity index (χ3n) is 3.71. The third kappa shape index (κ3) is 4.03. The molecular formula is C19H16ClFN2O3. The first-order valence-electron chi connectivity index (χ1n) is 8.03. The van der Waals surface area contributed by atoms with Crippen LogP contribution >= 0.6 is 11.6 Å². The van der Waals surface area contributed by atoms with Crippen LogP contribution in [0, 0.1) is 5.82 Å². The summed E-state index contributed by atoms with van der Waals surface area (Å²) in [5.74, 6) is -0.848. The highest BCUT2D eigenvalue weighted by molar-refractivity contribution is 6.18. The molecule has 0 aliphatic carbocycles. The highest BCUT2D eigenvalue weighted by atomic mass is 35.5. The van der Waals surface area contributed by atoms with Crippen molar-refractivity contribution in [2.45, 2.75) is 12.8 Å². The number of rotatable bonds is 6. The van der Waals surface area contributed by atoms with Crippen LogP contribution in [0.3, 0.4) is 0 Å². The van der Waals surface area contributed by atoms with Crippen molar-refractivity contribution in [1.82, 2.24) is 0 Å². The summed E-state index contributed by atoms with van der Waals surface area (Å²) in [6.45, 7) is 0. The summed E-state index contributed by atoms with van der Waals surface area (Å²) >= 11 is 5.62. The van der Waals surface area contributed by atoms with E-state index < -0.39 is 11.7 Å².